The SMILES string of the molecule is NNc1cc(CN(CCO)CC(F)F)ccc1[N+](=O)[O-]. The van der Waals surface area contributed by atoms with Crippen molar-refractivity contribution in [2.45, 2.75) is 13.0 Å². The van der Waals surface area contributed by atoms with Gasteiger partial charge in [-0.15, -0.1) is 0 Å². The third-order valence-corrected chi connectivity index (χ3v) is 2.63. The van der Waals surface area contributed by atoms with Crippen LogP contribution in [0.25, 0.3) is 0 Å². The number of nitrogens with zero attached hydrogens (tertiary/aromatic N) is 2. The highest BCUT2D eigenvalue weighted by atomic mass is 19.3. The fourth-order valence-corrected chi connectivity index (χ4v) is 1.79. The number of hydrogen-bond donors (Lipinski definition) is 3. The third-order valence-electron chi connectivity index (χ3n) is 2.63. The van der Waals surface area contributed by atoms with Crippen molar-refractivity contribution in [2.75, 3.05) is 25.1 Å². The monoisotopic (exact) mass is 290 g/mol. The van der Waals surface area contributed by atoms with Crippen LogP contribution in [0.5, 0.6) is 0 Å². The molecule has 0 spiro atoms. The van der Waals surface area contributed by atoms with Crippen LogP contribution in [0.15, 0.2) is 18.2 Å². The molecule has 0 saturated carbocycles. The van der Waals surface area contributed by atoms with Gasteiger partial charge in [-0.1, -0.05) is 6.07 Å². The summed E-state index contributed by atoms with van der Waals surface area (Å²) in [5, 5.41) is 19.6. The highest BCUT2D eigenvalue weighted by Gasteiger charge is 2.16. The van der Waals surface area contributed by atoms with Crippen molar-refractivity contribution in [1.29, 1.82) is 0 Å². The quantitative estimate of drug-likeness (QED) is 0.374. The second-order valence-electron chi connectivity index (χ2n) is 4.10. The third kappa shape index (κ3) is 4.68. The van der Waals surface area contributed by atoms with E-state index in [-0.39, 0.29) is 31.1 Å². The lowest BCUT2D eigenvalue weighted by molar-refractivity contribution is -0.384. The molecule has 0 fully saturated rings. The summed E-state index contributed by atoms with van der Waals surface area (Å²) < 4.78 is 24.8. The van der Waals surface area contributed by atoms with Gasteiger partial charge in [-0.3, -0.25) is 20.9 Å². The molecule has 1 aromatic rings. The summed E-state index contributed by atoms with van der Waals surface area (Å²) in [5.41, 5.74) is 2.70. The first-order valence-electron chi connectivity index (χ1n) is 5.83. The van der Waals surface area contributed by atoms with Gasteiger partial charge in [-0.2, -0.15) is 0 Å². The van der Waals surface area contributed by atoms with E-state index in [9.17, 15) is 18.9 Å². The van der Waals surface area contributed by atoms with Crippen LogP contribution in [0.4, 0.5) is 20.2 Å². The average molecular weight is 290 g/mol. The van der Waals surface area contributed by atoms with Gasteiger partial charge >= 0.3 is 0 Å². The Morgan fingerprint density at radius 2 is 2.20 bits per heavy atom. The number of benzene rings is 1. The van der Waals surface area contributed by atoms with Gasteiger partial charge in [0.15, 0.2) is 0 Å². The Bertz CT molecular complexity index is 459. The average Bonchev–Trinajstić information content (AvgIpc) is 2.37. The predicted molar refractivity (Wildman–Crippen MR) is 69.3 cm³/mol. The predicted octanol–water partition coefficient (Wildman–Crippen LogP) is 0.940. The Morgan fingerprint density at radius 3 is 2.70 bits per heavy atom. The summed E-state index contributed by atoms with van der Waals surface area (Å²) >= 11 is 0. The maximum Gasteiger partial charge on any atom is 0.293 e. The van der Waals surface area contributed by atoms with E-state index in [0.717, 1.165) is 0 Å². The molecule has 0 radical (unpaired) electrons. The highest BCUT2D eigenvalue weighted by molar-refractivity contribution is 5.62. The number of aliphatic hydroxyl groups is 1. The minimum atomic E-state index is -2.52. The molecule has 0 bridgehead atoms. The second-order valence-corrected chi connectivity index (χ2v) is 4.10. The molecule has 112 valence electrons. The van der Waals surface area contributed by atoms with Crippen LogP contribution in [0, 0.1) is 10.1 Å². The first kappa shape index (κ1) is 16.2. The van der Waals surface area contributed by atoms with Gasteiger partial charge in [-0.25, -0.2) is 8.78 Å². The van der Waals surface area contributed by atoms with Crippen molar-refractivity contribution >= 4 is 11.4 Å². The molecule has 0 aliphatic heterocycles. The molecule has 0 unspecified atom stereocenters. The Labute approximate surface area is 114 Å². The van der Waals surface area contributed by atoms with Crippen LogP contribution < -0.4 is 11.3 Å². The van der Waals surface area contributed by atoms with E-state index in [1.807, 2.05) is 0 Å². The van der Waals surface area contributed by atoms with E-state index in [4.69, 9.17) is 10.9 Å². The van der Waals surface area contributed by atoms with Crippen LogP contribution in [0.3, 0.4) is 0 Å². The smallest absolute Gasteiger partial charge is 0.293 e. The van der Waals surface area contributed by atoms with Gasteiger partial charge in [0.1, 0.15) is 5.69 Å². The first-order chi connectivity index (χ1) is 9.47. The molecule has 20 heavy (non-hydrogen) atoms. The summed E-state index contributed by atoms with van der Waals surface area (Å²) in [7, 11) is 0. The number of anilines is 1. The lowest BCUT2D eigenvalue weighted by atomic mass is 10.1. The summed E-state index contributed by atoms with van der Waals surface area (Å²) in [5.74, 6) is 5.20. The van der Waals surface area contributed by atoms with Gasteiger partial charge < -0.3 is 10.5 Å². The Balaban J connectivity index is 2.87. The van der Waals surface area contributed by atoms with Crippen LogP contribution in [-0.4, -0.2) is 41.1 Å². The number of nitrogens with one attached hydrogen (secondary N) is 1. The van der Waals surface area contributed by atoms with Crippen molar-refractivity contribution in [2.24, 2.45) is 5.84 Å². The molecule has 7 nitrogen and oxygen atoms in total. The molecule has 1 aromatic carbocycles. The Kier molecular flexibility index (Phi) is 6.22. The number of nitro benzene ring substituents is 1. The molecule has 9 heteroatoms. The second kappa shape index (κ2) is 7.68. The van der Waals surface area contributed by atoms with Crippen LogP contribution in [0.2, 0.25) is 0 Å². The fraction of sp³-hybridized carbons (Fsp3) is 0.455. The van der Waals surface area contributed by atoms with Crippen molar-refractivity contribution in [3.05, 3.63) is 33.9 Å². The van der Waals surface area contributed by atoms with E-state index in [0.29, 0.717) is 5.56 Å². The molecule has 0 aromatic heterocycles. The number of rotatable bonds is 8. The maximum atomic E-state index is 12.4. The fourth-order valence-electron chi connectivity index (χ4n) is 1.79. The molecule has 4 N–H and O–H groups in total. The van der Waals surface area contributed by atoms with Crippen molar-refractivity contribution in [1.82, 2.24) is 4.90 Å². The summed E-state index contributed by atoms with van der Waals surface area (Å²) in [6.07, 6.45) is -2.52. The van der Waals surface area contributed by atoms with Crippen molar-refractivity contribution in [3.63, 3.8) is 0 Å². The molecule has 0 amide bonds. The maximum absolute atomic E-state index is 12.4. The molecule has 1 rings (SSSR count). The lowest BCUT2D eigenvalue weighted by Crippen LogP contribution is -2.31. The minimum Gasteiger partial charge on any atom is -0.395 e. The zero-order chi connectivity index (χ0) is 15.1. The van der Waals surface area contributed by atoms with E-state index >= 15 is 0 Å². The number of alkyl halides is 2. The van der Waals surface area contributed by atoms with Gasteiger partial charge in [0.25, 0.3) is 12.1 Å². The van der Waals surface area contributed by atoms with E-state index in [1.54, 1.807) is 0 Å². The van der Waals surface area contributed by atoms with Crippen LogP contribution in [0.1, 0.15) is 5.56 Å². The van der Waals surface area contributed by atoms with Gasteiger partial charge in [0.05, 0.1) is 18.1 Å². The number of halogens is 2. The standard InChI is InChI=1S/C11H16F2N4O3/c12-11(13)7-16(3-4-18)6-8-1-2-10(17(19)20)9(5-8)15-14/h1-2,5,11,15,18H,3-4,6-7,14H2. The summed E-state index contributed by atoms with van der Waals surface area (Å²) in [6.45, 7) is -0.505. The molecule has 0 aliphatic carbocycles. The molecular formula is C11H16F2N4O3. The number of hydrazine groups is 1. The van der Waals surface area contributed by atoms with Crippen molar-refractivity contribution < 1.29 is 18.8 Å². The van der Waals surface area contributed by atoms with Crippen molar-refractivity contribution in [3.8, 4) is 0 Å². The normalized spacial score (nSPS) is 11.1. The van der Waals surface area contributed by atoms with Gasteiger partial charge in [-0.05, 0) is 11.6 Å². The molecule has 0 atom stereocenters. The minimum absolute atomic E-state index is 0.0900. The summed E-state index contributed by atoms with van der Waals surface area (Å²) in [4.78, 5) is 11.5. The van der Waals surface area contributed by atoms with E-state index in [1.165, 1.54) is 23.1 Å². The number of nitrogen functional groups attached to an aromatic ring is 1. The van der Waals surface area contributed by atoms with E-state index in [2.05, 4.69) is 5.43 Å². The number of nitro groups is 1. The van der Waals surface area contributed by atoms with E-state index < -0.39 is 17.9 Å². The summed E-state index contributed by atoms with van der Waals surface area (Å²) in [6, 6.07) is 4.15. The Hall–Kier alpha value is -1.84. The number of aliphatic hydroxyl groups excluding tert-OH is 1. The van der Waals surface area contributed by atoms with Crippen LogP contribution in [-0.2, 0) is 6.54 Å². The van der Waals surface area contributed by atoms with Gasteiger partial charge in [0, 0.05) is 19.2 Å². The first-order valence-corrected chi connectivity index (χ1v) is 5.83. The highest BCUT2D eigenvalue weighted by Crippen LogP contribution is 2.25. The van der Waals surface area contributed by atoms with Crippen LogP contribution >= 0.6 is 0 Å². The molecular weight excluding hydrogens is 274 g/mol. The zero-order valence-electron chi connectivity index (χ0n) is 10.6. The topological polar surface area (TPSA) is 105 Å². The number of nitrogens with two attached hydrogens (primary N) is 1. The molecule has 0 saturated heterocycles. The van der Waals surface area contributed by atoms with Gasteiger partial charge in [0.2, 0.25) is 0 Å². The zero-order valence-corrected chi connectivity index (χ0v) is 10.6. The Morgan fingerprint density at radius 1 is 1.50 bits per heavy atom. The number of hydrogen-bond acceptors (Lipinski definition) is 6. The lowest BCUT2D eigenvalue weighted by Gasteiger charge is -2.21. The molecule has 0 heterocycles. The largest absolute Gasteiger partial charge is 0.395 e. The molecule has 0 aliphatic rings.